The molecule has 5 nitrogen and oxygen atoms in total. The van der Waals surface area contributed by atoms with E-state index in [0.717, 1.165) is 11.1 Å². The molecule has 0 fully saturated rings. The highest BCUT2D eigenvalue weighted by Gasteiger charge is 2.25. The van der Waals surface area contributed by atoms with Gasteiger partial charge >= 0.3 is 0 Å². The molecule has 3 aromatic rings. The summed E-state index contributed by atoms with van der Waals surface area (Å²) in [5.41, 5.74) is 2.07. The maximum atomic E-state index is 13.0. The van der Waals surface area contributed by atoms with Crippen LogP contribution in [-0.4, -0.2) is 17.9 Å². The fourth-order valence-electron chi connectivity index (χ4n) is 3.17. The first-order valence-electron chi connectivity index (χ1n) is 9.19. The second kappa shape index (κ2) is 8.89. The Labute approximate surface area is 168 Å². The summed E-state index contributed by atoms with van der Waals surface area (Å²) in [5.74, 6) is -0.445. The van der Waals surface area contributed by atoms with Gasteiger partial charge in [-0.25, -0.2) is 0 Å². The van der Waals surface area contributed by atoms with Gasteiger partial charge < -0.3 is 15.1 Å². The number of amides is 2. The van der Waals surface area contributed by atoms with Crippen molar-refractivity contribution in [2.45, 2.75) is 39.3 Å². The summed E-state index contributed by atoms with van der Waals surface area (Å²) in [6, 6.07) is 14.1. The summed E-state index contributed by atoms with van der Waals surface area (Å²) in [4.78, 5) is 27.8. The summed E-state index contributed by atoms with van der Waals surface area (Å²) >= 11 is 1.71. The van der Waals surface area contributed by atoms with Gasteiger partial charge in [0.1, 0.15) is 6.04 Å². The van der Waals surface area contributed by atoms with Crippen molar-refractivity contribution in [2.75, 3.05) is 0 Å². The smallest absolute Gasteiger partial charge is 0.287 e. The zero-order chi connectivity index (χ0) is 20.1. The molecule has 2 heterocycles. The number of benzene rings is 1. The number of carbonyl (C=O) groups excluding carboxylic acids is 2. The third-order valence-electron chi connectivity index (χ3n) is 4.55. The van der Waals surface area contributed by atoms with Crippen molar-refractivity contribution < 1.29 is 14.0 Å². The minimum atomic E-state index is -0.706. The molecule has 2 N–H and O–H groups in total. The molecule has 0 saturated carbocycles. The van der Waals surface area contributed by atoms with Gasteiger partial charge in [-0.1, -0.05) is 30.3 Å². The second-order valence-electron chi connectivity index (χ2n) is 6.79. The van der Waals surface area contributed by atoms with E-state index in [1.165, 1.54) is 16.0 Å². The molecule has 0 unspecified atom stereocenters. The molecular formula is C22H24N2O3S. The predicted molar refractivity (Wildman–Crippen MR) is 110 cm³/mol. The van der Waals surface area contributed by atoms with Crippen LogP contribution in [0.2, 0.25) is 0 Å². The predicted octanol–water partition coefficient (Wildman–Crippen LogP) is 4.18. The van der Waals surface area contributed by atoms with Crippen LogP contribution in [0.1, 0.15) is 44.4 Å². The van der Waals surface area contributed by atoms with Gasteiger partial charge in [0.2, 0.25) is 5.91 Å². The minimum Gasteiger partial charge on any atom is -0.459 e. The van der Waals surface area contributed by atoms with Gasteiger partial charge in [0.05, 0.1) is 12.3 Å². The zero-order valence-electron chi connectivity index (χ0n) is 16.2. The molecule has 2 aromatic heterocycles. The number of nitrogens with one attached hydrogen (secondary N) is 2. The molecule has 2 atom stereocenters. The van der Waals surface area contributed by atoms with E-state index in [0.29, 0.717) is 6.42 Å². The van der Waals surface area contributed by atoms with E-state index in [1.807, 2.05) is 37.3 Å². The number of furan rings is 1. The van der Waals surface area contributed by atoms with E-state index >= 15 is 0 Å². The van der Waals surface area contributed by atoms with Gasteiger partial charge in [-0.15, -0.1) is 11.3 Å². The summed E-state index contributed by atoms with van der Waals surface area (Å²) in [6.45, 7) is 6.06. The van der Waals surface area contributed by atoms with Crippen molar-refractivity contribution in [1.82, 2.24) is 10.6 Å². The molecule has 28 heavy (non-hydrogen) atoms. The highest BCUT2D eigenvalue weighted by atomic mass is 32.1. The molecule has 0 bridgehead atoms. The molecule has 1 aromatic carbocycles. The highest BCUT2D eigenvalue weighted by Crippen LogP contribution is 2.26. The van der Waals surface area contributed by atoms with Crippen LogP contribution in [0.5, 0.6) is 0 Å². The van der Waals surface area contributed by atoms with E-state index in [4.69, 9.17) is 4.42 Å². The van der Waals surface area contributed by atoms with Crippen LogP contribution in [0, 0.1) is 13.8 Å². The van der Waals surface area contributed by atoms with Crippen LogP contribution >= 0.6 is 11.3 Å². The average Bonchev–Trinajstić information content (AvgIpc) is 3.31. The van der Waals surface area contributed by atoms with E-state index in [9.17, 15) is 9.59 Å². The van der Waals surface area contributed by atoms with Crippen LogP contribution in [0.4, 0.5) is 0 Å². The molecule has 146 valence electrons. The number of hydrogen-bond acceptors (Lipinski definition) is 4. The zero-order valence-corrected chi connectivity index (χ0v) is 17.0. The van der Waals surface area contributed by atoms with Crippen molar-refractivity contribution in [3.63, 3.8) is 0 Å². The molecule has 0 aliphatic carbocycles. The lowest BCUT2D eigenvalue weighted by molar-refractivity contribution is -0.123. The van der Waals surface area contributed by atoms with Crippen LogP contribution in [-0.2, 0) is 11.2 Å². The second-order valence-corrected chi connectivity index (χ2v) is 8.25. The largest absolute Gasteiger partial charge is 0.459 e. The van der Waals surface area contributed by atoms with Gasteiger partial charge in [-0.05, 0) is 50.1 Å². The van der Waals surface area contributed by atoms with Crippen molar-refractivity contribution in [1.29, 1.82) is 0 Å². The van der Waals surface area contributed by atoms with Crippen molar-refractivity contribution in [3.8, 4) is 0 Å². The first-order chi connectivity index (χ1) is 13.4. The quantitative estimate of drug-likeness (QED) is 0.629. The van der Waals surface area contributed by atoms with E-state index in [-0.39, 0.29) is 17.7 Å². The lowest BCUT2D eigenvalue weighted by Crippen LogP contribution is -2.48. The molecular weight excluding hydrogens is 372 g/mol. The molecule has 0 aliphatic heterocycles. The maximum absolute atomic E-state index is 13.0. The van der Waals surface area contributed by atoms with Crippen LogP contribution in [0.15, 0.2) is 59.2 Å². The molecule has 2 amide bonds. The Bertz CT molecular complexity index is 932. The lowest BCUT2D eigenvalue weighted by atomic mass is 10.0. The number of rotatable bonds is 7. The molecule has 0 spiro atoms. The number of aryl methyl sites for hydroxylation is 2. The van der Waals surface area contributed by atoms with E-state index in [2.05, 4.69) is 30.5 Å². The molecule has 6 heteroatoms. The fraction of sp³-hybridized carbons (Fsp3) is 0.273. The van der Waals surface area contributed by atoms with Gasteiger partial charge in [0.15, 0.2) is 5.76 Å². The monoisotopic (exact) mass is 396 g/mol. The molecule has 0 aliphatic rings. The number of thiophene rings is 1. The van der Waals surface area contributed by atoms with E-state index < -0.39 is 11.9 Å². The van der Waals surface area contributed by atoms with Crippen LogP contribution in [0.25, 0.3) is 0 Å². The summed E-state index contributed by atoms with van der Waals surface area (Å²) in [7, 11) is 0. The Balaban J connectivity index is 1.75. The third-order valence-corrected chi connectivity index (χ3v) is 5.54. The van der Waals surface area contributed by atoms with E-state index in [1.54, 1.807) is 23.5 Å². The Morgan fingerprint density at radius 2 is 1.82 bits per heavy atom. The van der Waals surface area contributed by atoms with Gasteiger partial charge in [0, 0.05) is 16.2 Å². The first kappa shape index (κ1) is 19.9. The van der Waals surface area contributed by atoms with Gasteiger partial charge in [0.25, 0.3) is 5.91 Å². The fourth-order valence-corrected chi connectivity index (χ4v) is 4.19. The molecule has 3 rings (SSSR count). The highest BCUT2D eigenvalue weighted by molar-refractivity contribution is 7.12. The third kappa shape index (κ3) is 4.89. The van der Waals surface area contributed by atoms with Crippen molar-refractivity contribution in [3.05, 3.63) is 81.4 Å². The Hall–Kier alpha value is -2.86. The summed E-state index contributed by atoms with van der Waals surface area (Å²) in [5, 5.41) is 5.85. The topological polar surface area (TPSA) is 71.3 Å². The standard InChI is InChI=1S/C22H24N2O3S/c1-14-12-18(16(3)28-14)15(2)23-21(25)19(13-17-8-5-4-6-9-17)24-22(26)20-10-7-11-27-20/h4-12,15,19H,13H2,1-3H3,(H,23,25)(H,24,26)/t15-,19+/m1/s1. The van der Waals surface area contributed by atoms with Crippen LogP contribution < -0.4 is 10.6 Å². The van der Waals surface area contributed by atoms with Crippen molar-refractivity contribution >= 4 is 23.2 Å². The maximum Gasteiger partial charge on any atom is 0.287 e. The van der Waals surface area contributed by atoms with Crippen LogP contribution in [0.3, 0.4) is 0 Å². The van der Waals surface area contributed by atoms with Gasteiger partial charge in [-0.3, -0.25) is 9.59 Å². The summed E-state index contributed by atoms with van der Waals surface area (Å²) < 4.78 is 5.15. The molecule has 0 saturated heterocycles. The number of hydrogen-bond donors (Lipinski definition) is 2. The van der Waals surface area contributed by atoms with Gasteiger partial charge in [-0.2, -0.15) is 0 Å². The Morgan fingerprint density at radius 3 is 2.43 bits per heavy atom. The molecule has 0 radical (unpaired) electrons. The lowest BCUT2D eigenvalue weighted by Gasteiger charge is -2.21. The number of carbonyl (C=O) groups is 2. The minimum absolute atomic E-state index is 0.142. The summed E-state index contributed by atoms with van der Waals surface area (Å²) in [6.07, 6.45) is 1.83. The average molecular weight is 397 g/mol. The Kier molecular flexibility index (Phi) is 6.31. The Morgan fingerprint density at radius 1 is 1.07 bits per heavy atom. The SMILES string of the molecule is Cc1cc([C@@H](C)NC(=O)[C@H](Cc2ccccc2)NC(=O)c2ccco2)c(C)s1. The first-order valence-corrected chi connectivity index (χ1v) is 10.0. The van der Waals surface area contributed by atoms with Crippen molar-refractivity contribution in [2.24, 2.45) is 0 Å². The normalized spacial score (nSPS) is 13.0.